The fourth-order valence-electron chi connectivity index (χ4n) is 0.740. The van der Waals surface area contributed by atoms with E-state index >= 15 is 0 Å². The molecule has 0 heterocycles. The summed E-state index contributed by atoms with van der Waals surface area (Å²) in [5.74, 6) is 7.24. The summed E-state index contributed by atoms with van der Waals surface area (Å²) in [7, 11) is 0. The minimum absolute atomic E-state index is 0.926. The summed E-state index contributed by atoms with van der Waals surface area (Å²) >= 11 is 0. The van der Waals surface area contributed by atoms with Crippen LogP contribution in [0.4, 0.5) is 0 Å². The van der Waals surface area contributed by atoms with E-state index in [9.17, 15) is 0 Å². The Balaban J connectivity index is 2.93. The molecule has 0 unspecified atom stereocenters. The van der Waals surface area contributed by atoms with Crippen molar-refractivity contribution in [2.45, 2.75) is 6.92 Å². The van der Waals surface area contributed by atoms with Gasteiger partial charge in [-0.05, 0) is 19.1 Å². The largest absolute Gasteiger partial charge is 0.358 e. The number of benzene rings is 1. The van der Waals surface area contributed by atoms with Gasteiger partial charge in [0.2, 0.25) is 0 Å². The highest BCUT2D eigenvalue weighted by Crippen LogP contribution is 2.00. The third kappa shape index (κ3) is 2.20. The fraction of sp³-hybridized carbons (Fsp3) is 0.0909. The van der Waals surface area contributed by atoms with Crippen LogP contribution in [-0.2, 0) is 0 Å². The molecule has 0 N–H and O–H groups in total. The van der Waals surface area contributed by atoms with Crippen LogP contribution >= 0.6 is 0 Å². The summed E-state index contributed by atoms with van der Waals surface area (Å²) in [5.41, 5.74) is 2.14. The molecule has 0 radical (unpaired) electrons. The lowest BCUT2D eigenvalue weighted by Gasteiger charge is -1.92. The van der Waals surface area contributed by atoms with E-state index in [1.54, 1.807) is 0 Å². The summed E-state index contributed by atoms with van der Waals surface area (Å²) in [5, 5.41) is 0. The Kier molecular flexibility index (Phi) is 2.37. The van der Waals surface area contributed by atoms with Gasteiger partial charge in [0, 0.05) is 5.56 Å². The molecule has 1 aromatic carbocycles. The predicted octanol–water partition coefficient (Wildman–Crippen LogP) is 1.94. The normalized spacial score (nSPS) is 7.64. The minimum Gasteiger partial charge on any atom is -0.358 e. The van der Waals surface area contributed by atoms with Crippen LogP contribution in [0.1, 0.15) is 11.1 Å². The molecule has 1 aromatic rings. The SMILES string of the molecule is [C-]#CC#Cc1ccc(C)cc1. The van der Waals surface area contributed by atoms with E-state index in [1.165, 1.54) is 5.56 Å². The highest BCUT2D eigenvalue weighted by atomic mass is 13.9. The van der Waals surface area contributed by atoms with Gasteiger partial charge in [-0.1, -0.05) is 17.7 Å². The topological polar surface area (TPSA) is 0 Å². The van der Waals surface area contributed by atoms with Crippen molar-refractivity contribution in [1.29, 1.82) is 0 Å². The number of hydrogen-bond donors (Lipinski definition) is 0. The molecule has 0 heteroatoms. The van der Waals surface area contributed by atoms with E-state index in [4.69, 9.17) is 6.42 Å². The summed E-state index contributed by atoms with van der Waals surface area (Å²) in [6.07, 6.45) is 6.57. The lowest BCUT2D eigenvalue weighted by molar-refractivity contribution is 1.46. The van der Waals surface area contributed by atoms with E-state index in [-0.39, 0.29) is 0 Å². The average molecular weight is 139 g/mol. The zero-order chi connectivity index (χ0) is 8.10. The van der Waals surface area contributed by atoms with E-state index in [1.807, 2.05) is 37.1 Å². The second kappa shape index (κ2) is 3.49. The molecule has 0 spiro atoms. The summed E-state index contributed by atoms with van der Waals surface area (Å²) < 4.78 is 0. The van der Waals surface area contributed by atoms with E-state index in [0.29, 0.717) is 0 Å². The van der Waals surface area contributed by atoms with E-state index in [2.05, 4.69) is 11.8 Å². The first kappa shape index (κ1) is 7.45. The third-order valence-corrected chi connectivity index (χ3v) is 1.32. The Morgan fingerprint density at radius 2 is 1.82 bits per heavy atom. The van der Waals surface area contributed by atoms with Gasteiger partial charge in [-0.15, -0.1) is 0 Å². The van der Waals surface area contributed by atoms with Gasteiger partial charge in [0.05, 0.1) is 0 Å². The molecule has 0 atom stereocenters. The first-order chi connectivity index (χ1) is 5.33. The molecule has 0 saturated heterocycles. The van der Waals surface area contributed by atoms with Crippen molar-refractivity contribution in [2.24, 2.45) is 0 Å². The third-order valence-electron chi connectivity index (χ3n) is 1.32. The van der Waals surface area contributed by atoms with E-state index in [0.717, 1.165) is 5.56 Å². The Morgan fingerprint density at radius 1 is 1.18 bits per heavy atom. The maximum absolute atomic E-state index is 6.57. The van der Waals surface area contributed by atoms with Gasteiger partial charge in [0.15, 0.2) is 0 Å². The Bertz CT molecular complexity index is 325. The van der Waals surface area contributed by atoms with Crippen molar-refractivity contribution >= 4 is 0 Å². The standard InChI is InChI=1S/C11H7/c1-3-4-5-11-8-6-10(2)7-9-11/h6-9H,2H3/q-1. The van der Waals surface area contributed by atoms with Crippen molar-refractivity contribution in [3.63, 3.8) is 0 Å². The van der Waals surface area contributed by atoms with Crippen molar-refractivity contribution in [2.75, 3.05) is 0 Å². The lowest BCUT2D eigenvalue weighted by atomic mass is 10.2. The Morgan fingerprint density at radius 3 is 2.36 bits per heavy atom. The molecule has 0 saturated carbocycles. The number of rotatable bonds is 0. The van der Waals surface area contributed by atoms with Gasteiger partial charge in [0.25, 0.3) is 0 Å². The van der Waals surface area contributed by atoms with Gasteiger partial charge >= 0.3 is 0 Å². The molecule has 0 fully saturated rings. The molecule has 52 valence electrons. The van der Waals surface area contributed by atoms with Crippen LogP contribution in [0.5, 0.6) is 0 Å². The first-order valence-electron chi connectivity index (χ1n) is 3.32. The second-order valence-corrected chi connectivity index (χ2v) is 2.24. The smallest absolute Gasteiger partial charge is 0.00427 e. The molecule has 0 aliphatic rings. The summed E-state index contributed by atoms with van der Waals surface area (Å²) in [4.78, 5) is 0. The molecule has 0 aromatic heterocycles. The predicted molar refractivity (Wildman–Crippen MR) is 45.2 cm³/mol. The highest BCUT2D eigenvalue weighted by molar-refractivity contribution is 5.39. The lowest BCUT2D eigenvalue weighted by Crippen LogP contribution is -1.73. The molecule has 0 aliphatic heterocycles. The molecule has 0 nitrogen and oxygen atoms in total. The van der Waals surface area contributed by atoms with Gasteiger partial charge in [-0.25, -0.2) is 5.92 Å². The summed E-state index contributed by atoms with van der Waals surface area (Å²) in [6, 6.07) is 7.85. The zero-order valence-electron chi connectivity index (χ0n) is 6.31. The molecule has 1 rings (SSSR count). The van der Waals surface area contributed by atoms with Crippen molar-refractivity contribution in [1.82, 2.24) is 0 Å². The van der Waals surface area contributed by atoms with Crippen LogP contribution in [-0.4, -0.2) is 0 Å². The van der Waals surface area contributed by atoms with Crippen molar-refractivity contribution in [3.8, 4) is 17.8 Å². The maximum Gasteiger partial charge on any atom is 0.00427 e. The van der Waals surface area contributed by atoms with Gasteiger partial charge in [-0.2, -0.15) is 5.92 Å². The van der Waals surface area contributed by atoms with Crippen LogP contribution in [0, 0.1) is 31.1 Å². The van der Waals surface area contributed by atoms with Gasteiger partial charge in [-0.3, -0.25) is 5.92 Å². The van der Waals surface area contributed by atoms with Crippen molar-refractivity contribution < 1.29 is 0 Å². The number of hydrogen-bond acceptors (Lipinski definition) is 0. The maximum atomic E-state index is 6.57. The summed E-state index contributed by atoms with van der Waals surface area (Å²) in [6.45, 7) is 2.03. The van der Waals surface area contributed by atoms with Crippen molar-refractivity contribution in [3.05, 3.63) is 41.8 Å². The molecular weight excluding hydrogens is 132 g/mol. The fourth-order valence-corrected chi connectivity index (χ4v) is 0.740. The zero-order valence-corrected chi connectivity index (χ0v) is 6.31. The molecule has 0 aliphatic carbocycles. The molecular formula is C11H7-. The second-order valence-electron chi connectivity index (χ2n) is 2.24. The van der Waals surface area contributed by atoms with Crippen LogP contribution in [0.25, 0.3) is 0 Å². The monoisotopic (exact) mass is 139 g/mol. The molecule has 0 bridgehead atoms. The quantitative estimate of drug-likeness (QED) is 0.380. The minimum atomic E-state index is 0.926. The van der Waals surface area contributed by atoms with Gasteiger partial charge < -0.3 is 6.42 Å². The average Bonchev–Trinajstić information content (AvgIpc) is 2.04. The van der Waals surface area contributed by atoms with Crippen LogP contribution < -0.4 is 0 Å². The first-order valence-corrected chi connectivity index (χ1v) is 3.32. The Hall–Kier alpha value is -1.66. The Labute approximate surface area is 67.3 Å². The highest BCUT2D eigenvalue weighted by Gasteiger charge is 1.81. The molecule has 0 amide bonds. The van der Waals surface area contributed by atoms with Crippen LogP contribution in [0.3, 0.4) is 0 Å². The van der Waals surface area contributed by atoms with E-state index < -0.39 is 0 Å². The molecule has 11 heavy (non-hydrogen) atoms. The van der Waals surface area contributed by atoms with Crippen LogP contribution in [0.15, 0.2) is 24.3 Å². The van der Waals surface area contributed by atoms with Gasteiger partial charge in [0.1, 0.15) is 0 Å². The number of aryl methyl sites for hydroxylation is 1. The van der Waals surface area contributed by atoms with Crippen LogP contribution in [0.2, 0.25) is 0 Å².